The molecule has 3 nitrogen and oxygen atoms in total. The van der Waals surface area contributed by atoms with Crippen LogP contribution in [0.15, 0.2) is 12.3 Å². The molecule has 1 aliphatic heterocycles. The lowest BCUT2D eigenvalue weighted by atomic mass is 10.1. The highest BCUT2D eigenvalue weighted by atomic mass is 16.5. The Morgan fingerprint density at radius 1 is 1.90 bits per heavy atom. The standard InChI is InChI=1S/C7H10O3/c1-4-3-6(7(8)9)5(2)10-4/h4,6H,2-3H2,1H3,(H,8,9). The molecule has 10 heavy (non-hydrogen) atoms. The lowest BCUT2D eigenvalue weighted by molar-refractivity contribution is -0.140. The van der Waals surface area contributed by atoms with Crippen molar-refractivity contribution >= 4 is 5.97 Å². The second-order valence-electron chi connectivity index (χ2n) is 2.52. The number of hydrogen-bond donors (Lipinski definition) is 1. The van der Waals surface area contributed by atoms with Crippen LogP contribution >= 0.6 is 0 Å². The lowest BCUT2D eigenvalue weighted by Gasteiger charge is -2.00. The van der Waals surface area contributed by atoms with Gasteiger partial charge in [-0.05, 0) is 6.92 Å². The summed E-state index contributed by atoms with van der Waals surface area (Å²) in [4.78, 5) is 10.4. The van der Waals surface area contributed by atoms with Gasteiger partial charge in [0, 0.05) is 6.42 Å². The van der Waals surface area contributed by atoms with Crippen molar-refractivity contribution in [1.82, 2.24) is 0 Å². The molecule has 1 heterocycles. The van der Waals surface area contributed by atoms with Crippen LogP contribution in [-0.4, -0.2) is 17.2 Å². The zero-order valence-corrected chi connectivity index (χ0v) is 5.83. The molecule has 1 saturated heterocycles. The van der Waals surface area contributed by atoms with Crippen LogP contribution in [0.25, 0.3) is 0 Å². The van der Waals surface area contributed by atoms with Gasteiger partial charge in [0.05, 0.1) is 6.10 Å². The smallest absolute Gasteiger partial charge is 0.314 e. The Balaban J connectivity index is 2.63. The van der Waals surface area contributed by atoms with Gasteiger partial charge >= 0.3 is 5.97 Å². The SMILES string of the molecule is C=C1OC(C)CC1C(=O)O. The third kappa shape index (κ3) is 1.12. The van der Waals surface area contributed by atoms with E-state index < -0.39 is 11.9 Å². The largest absolute Gasteiger partial charge is 0.495 e. The van der Waals surface area contributed by atoms with Crippen molar-refractivity contribution in [2.24, 2.45) is 5.92 Å². The first-order chi connectivity index (χ1) is 4.61. The number of hydrogen-bond acceptors (Lipinski definition) is 2. The Kier molecular flexibility index (Phi) is 1.66. The van der Waals surface area contributed by atoms with Crippen molar-refractivity contribution in [1.29, 1.82) is 0 Å². The summed E-state index contributed by atoms with van der Waals surface area (Å²) in [7, 11) is 0. The maximum atomic E-state index is 10.4. The van der Waals surface area contributed by atoms with E-state index in [1.807, 2.05) is 6.92 Å². The van der Waals surface area contributed by atoms with Crippen LogP contribution in [-0.2, 0) is 9.53 Å². The first kappa shape index (κ1) is 7.12. The van der Waals surface area contributed by atoms with Crippen LogP contribution in [0.5, 0.6) is 0 Å². The van der Waals surface area contributed by atoms with Crippen molar-refractivity contribution < 1.29 is 14.6 Å². The lowest BCUT2D eigenvalue weighted by Crippen LogP contribution is -2.11. The van der Waals surface area contributed by atoms with E-state index in [1.165, 1.54) is 0 Å². The normalized spacial score (nSPS) is 31.9. The number of carbonyl (C=O) groups is 1. The highest BCUT2D eigenvalue weighted by molar-refractivity contribution is 5.73. The summed E-state index contributed by atoms with van der Waals surface area (Å²) in [6, 6.07) is 0. The highest BCUT2D eigenvalue weighted by Crippen LogP contribution is 2.27. The molecule has 0 aromatic rings. The van der Waals surface area contributed by atoms with E-state index in [0.29, 0.717) is 12.2 Å². The van der Waals surface area contributed by atoms with Crippen molar-refractivity contribution in [2.75, 3.05) is 0 Å². The maximum Gasteiger partial charge on any atom is 0.314 e. The molecule has 1 aliphatic rings. The van der Waals surface area contributed by atoms with E-state index in [-0.39, 0.29) is 6.10 Å². The van der Waals surface area contributed by atoms with Crippen LogP contribution in [0.1, 0.15) is 13.3 Å². The molecule has 0 aromatic heterocycles. The zero-order chi connectivity index (χ0) is 7.72. The van der Waals surface area contributed by atoms with E-state index in [9.17, 15) is 4.79 Å². The van der Waals surface area contributed by atoms with E-state index in [2.05, 4.69) is 6.58 Å². The molecule has 2 atom stereocenters. The Morgan fingerprint density at radius 2 is 2.50 bits per heavy atom. The molecule has 0 saturated carbocycles. The van der Waals surface area contributed by atoms with Crippen molar-refractivity contribution in [3.63, 3.8) is 0 Å². The van der Waals surface area contributed by atoms with Gasteiger partial charge in [-0.2, -0.15) is 0 Å². The Labute approximate surface area is 59.3 Å². The quantitative estimate of drug-likeness (QED) is 0.594. The summed E-state index contributed by atoms with van der Waals surface area (Å²) in [6.07, 6.45) is 0.558. The minimum Gasteiger partial charge on any atom is -0.495 e. The molecule has 0 spiro atoms. The fourth-order valence-electron chi connectivity index (χ4n) is 1.09. The predicted molar refractivity (Wildman–Crippen MR) is 35.4 cm³/mol. The number of ether oxygens (including phenoxy) is 1. The molecule has 0 bridgehead atoms. The van der Waals surface area contributed by atoms with Crippen LogP contribution in [0.3, 0.4) is 0 Å². The summed E-state index contributed by atoms with van der Waals surface area (Å²) in [5.74, 6) is -0.940. The summed E-state index contributed by atoms with van der Waals surface area (Å²) < 4.78 is 5.06. The van der Waals surface area contributed by atoms with Crippen molar-refractivity contribution in [3.05, 3.63) is 12.3 Å². The number of rotatable bonds is 1. The topological polar surface area (TPSA) is 46.5 Å². The second kappa shape index (κ2) is 2.33. The minimum absolute atomic E-state index is 0.00796. The molecule has 0 aromatic carbocycles. The van der Waals surface area contributed by atoms with Gasteiger partial charge < -0.3 is 9.84 Å². The van der Waals surface area contributed by atoms with Crippen molar-refractivity contribution in [3.8, 4) is 0 Å². The molecule has 56 valence electrons. The Hall–Kier alpha value is -0.990. The maximum absolute atomic E-state index is 10.4. The van der Waals surface area contributed by atoms with Crippen molar-refractivity contribution in [2.45, 2.75) is 19.4 Å². The average Bonchev–Trinajstić information content (AvgIpc) is 2.10. The van der Waals surface area contributed by atoms with E-state index in [0.717, 1.165) is 0 Å². The van der Waals surface area contributed by atoms with Gasteiger partial charge in [-0.25, -0.2) is 0 Å². The van der Waals surface area contributed by atoms with Crippen LogP contribution in [0, 0.1) is 5.92 Å². The molecule has 0 aliphatic carbocycles. The highest BCUT2D eigenvalue weighted by Gasteiger charge is 2.32. The predicted octanol–water partition coefficient (Wildman–Crippen LogP) is 1.01. The summed E-state index contributed by atoms with van der Waals surface area (Å²) in [6.45, 7) is 5.35. The Bertz CT molecular complexity index is 174. The third-order valence-electron chi connectivity index (χ3n) is 1.61. The first-order valence-corrected chi connectivity index (χ1v) is 3.19. The number of carboxylic acids is 1. The fraction of sp³-hybridized carbons (Fsp3) is 0.571. The van der Waals surface area contributed by atoms with Gasteiger partial charge in [-0.15, -0.1) is 0 Å². The molecule has 1 N–H and O–H groups in total. The second-order valence-corrected chi connectivity index (χ2v) is 2.52. The van der Waals surface area contributed by atoms with Gasteiger partial charge in [-0.1, -0.05) is 6.58 Å². The van der Waals surface area contributed by atoms with Gasteiger partial charge in [0.25, 0.3) is 0 Å². The van der Waals surface area contributed by atoms with E-state index >= 15 is 0 Å². The average molecular weight is 142 g/mol. The van der Waals surface area contributed by atoms with E-state index in [4.69, 9.17) is 9.84 Å². The van der Waals surface area contributed by atoms with E-state index in [1.54, 1.807) is 0 Å². The van der Waals surface area contributed by atoms with Gasteiger partial charge in [0.15, 0.2) is 0 Å². The summed E-state index contributed by atoms with van der Waals surface area (Å²) in [5, 5.41) is 8.56. The van der Waals surface area contributed by atoms with Crippen LogP contribution < -0.4 is 0 Å². The third-order valence-corrected chi connectivity index (χ3v) is 1.61. The first-order valence-electron chi connectivity index (χ1n) is 3.19. The van der Waals surface area contributed by atoms with Gasteiger partial charge in [-0.3, -0.25) is 4.79 Å². The fourth-order valence-corrected chi connectivity index (χ4v) is 1.09. The molecule has 0 amide bonds. The minimum atomic E-state index is -0.839. The van der Waals surface area contributed by atoms with Crippen LogP contribution in [0.4, 0.5) is 0 Å². The summed E-state index contributed by atoms with van der Waals surface area (Å²) in [5.41, 5.74) is 0. The number of aliphatic carboxylic acids is 1. The summed E-state index contributed by atoms with van der Waals surface area (Å²) >= 11 is 0. The monoisotopic (exact) mass is 142 g/mol. The van der Waals surface area contributed by atoms with Gasteiger partial charge in [0.2, 0.25) is 0 Å². The zero-order valence-electron chi connectivity index (χ0n) is 5.83. The molecule has 1 fully saturated rings. The molecule has 2 unspecified atom stereocenters. The molecule has 0 radical (unpaired) electrons. The Morgan fingerprint density at radius 3 is 2.70 bits per heavy atom. The number of carboxylic acid groups (broad SMARTS) is 1. The van der Waals surface area contributed by atoms with Gasteiger partial charge in [0.1, 0.15) is 11.7 Å². The van der Waals surface area contributed by atoms with Crippen LogP contribution in [0.2, 0.25) is 0 Å². The molecule has 1 rings (SSSR count). The molecular formula is C7H10O3. The molecule has 3 heteroatoms. The molecular weight excluding hydrogens is 132 g/mol.